The minimum atomic E-state index is -0.799. The second-order valence-electron chi connectivity index (χ2n) is 5.30. The van der Waals surface area contributed by atoms with Gasteiger partial charge in [-0.05, 0) is 35.4 Å². The Balaban J connectivity index is 1.92. The van der Waals surface area contributed by atoms with Gasteiger partial charge < -0.3 is 14.9 Å². The van der Waals surface area contributed by atoms with Crippen LogP contribution in [0.5, 0.6) is 11.5 Å². The minimum Gasteiger partial charge on any atom is -0.508 e. The summed E-state index contributed by atoms with van der Waals surface area (Å²) in [6.07, 6.45) is -1.34. The van der Waals surface area contributed by atoms with E-state index in [1.54, 1.807) is 24.3 Å². The standard InChI is InChI=1S/C20H18O3/c21-17-11-13-18(14-12-17)23-20(16-9-5-2-6-10-16)19(22)15-7-3-1-4-8-15/h1-14,19-22H/t19-,20-/m1/s1. The SMILES string of the molecule is Oc1ccc(O[C@H](c2ccccc2)[C@H](O)c2ccccc2)cc1. The average Bonchev–Trinajstić information content (AvgIpc) is 2.62. The third-order valence-corrected chi connectivity index (χ3v) is 3.66. The molecule has 0 aliphatic rings. The van der Waals surface area contributed by atoms with Gasteiger partial charge in [-0.3, -0.25) is 0 Å². The summed E-state index contributed by atoms with van der Waals surface area (Å²) in [4.78, 5) is 0. The zero-order valence-electron chi connectivity index (χ0n) is 12.5. The molecule has 0 heterocycles. The second kappa shape index (κ2) is 6.99. The molecule has 2 atom stereocenters. The molecule has 0 saturated carbocycles. The Morgan fingerprint density at radius 1 is 0.652 bits per heavy atom. The van der Waals surface area contributed by atoms with Crippen molar-refractivity contribution in [1.82, 2.24) is 0 Å². The summed E-state index contributed by atoms with van der Waals surface area (Å²) in [6.45, 7) is 0. The van der Waals surface area contributed by atoms with Gasteiger partial charge in [0.2, 0.25) is 0 Å². The van der Waals surface area contributed by atoms with Crippen molar-refractivity contribution in [1.29, 1.82) is 0 Å². The Morgan fingerprint density at radius 3 is 1.74 bits per heavy atom. The fourth-order valence-corrected chi connectivity index (χ4v) is 2.45. The number of hydrogen-bond acceptors (Lipinski definition) is 3. The third-order valence-electron chi connectivity index (χ3n) is 3.66. The average molecular weight is 306 g/mol. The molecule has 0 amide bonds. The molecule has 0 aliphatic heterocycles. The summed E-state index contributed by atoms with van der Waals surface area (Å²) in [7, 11) is 0. The summed E-state index contributed by atoms with van der Waals surface area (Å²) in [5.74, 6) is 0.767. The number of aromatic hydroxyl groups is 1. The molecule has 0 aromatic heterocycles. The maximum atomic E-state index is 10.8. The topological polar surface area (TPSA) is 49.7 Å². The smallest absolute Gasteiger partial charge is 0.154 e. The highest BCUT2D eigenvalue weighted by Gasteiger charge is 2.24. The fourth-order valence-electron chi connectivity index (χ4n) is 2.45. The minimum absolute atomic E-state index is 0.178. The van der Waals surface area contributed by atoms with Gasteiger partial charge in [0.05, 0.1) is 0 Å². The van der Waals surface area contributed by atoms with Crippen molar-refractivity contribution in [3.05, 3.63) is 96.1 Å². The van der Waals surface area contributed by atoms with Crippen LogP contribution in [-0.2, 0) is 0 Å². The lowest BCUT2D eigenvalue weighted by atomic mass is 9.98. The molecule has 2 N–H and O–H groups in total. The van der Waals surface area contributed by atoms with E-state index in [0.29, 0.717) is 5.75 Å². The van der Waals surface area contributed by atoms with E-state index in [0.717, 1.165) is 11.1 Å². The van der Waals surface area contributed by atoms with Gasteiger partial charge in [0.1, 0.15) is 17.6 Å². The van der Waals surface area contributed by atoms with Crippen LogP contribution < -0.4 is 4.74 Å². The molecule has 0 unspecified atom stereocenters. The number of phenols is 1. The van der Waals surface area contributed by atoms with Crippen molar-refractivity contribution in [3.63, 3.8) is 0 Å². The maximum absolute atomic E-state index is 10.8. The Labute approximate surface area is 135 Å². The van der Waals surface area contributed by atoms with Gasteiger partial charge in [0, 0.05) is 0 Å². The van der Waals surface area contributed by atoms with E-state index in [-0.39, 0.29) is 5.75 Å². The van der Waals surface area contributed by atoms with Crippen molar-refractivity contribution in [2.24, 2.45) is 0 Å². The Bertz CT molecular complexity index is 724. The summed E-state index contributed by atoms with van der Waals surface area (Å²) >= 11 is 0. The van der Waals surface area contributed by atoms with E-state index in [9.17, 15) is 10.2 Å². The molecule has 3 heteroatoms. The molecule has 0 fully saturated rings. The Kier molecular flexibility index (Phi) is 4.60. The molecule has 0 saturated heterocycles. The van der Waals surface area contributed by atoms with Crippen LogP contribution in [0.25, 0.3) is 0 Å². The number of rotatable bonds is 5. The summed E-state index contributed by atoms with van der Waals surface area (Å²) in [6, 6.07) is 25.5. The second-order valence-corrected chi connectivity index (χ2v) is 5.30. The monoisotopic (exact) mass is 306 g/mol. The predicted molar refractivity (Wildman–Crippen MR) is 89.3 cm³/mol. The van der Waals surface area contributed by atoms with Crippen molar-refractivity contribution >= 4 is 0 Å². The van der Waals surface area contributed by atoms with Gasteiger partial charge in [-0.15, -0.1) is 0 Å². The highest BCUT2D eigenvalue weighted by Crippen LogP contribution is 2.33. The fraction of sp³-hybridized carbons (Fsp3) is 0.100. The third kappa shape index (κ3) is 3.71. The quantitative estimate of drug-likeness (QED) is 0.741. The van der Waals surface area contributed by atoms with Crippen LogP contribution in [-0.4, -0.2) is 10.2 Å². The van der Waals surface area contributed by atoms with Gasteiger partial charge >= 0.3 is 0 Å². The Hall–Kier alpha value is -2.78. The molecule has 0 aliphatic carbocycles. The largest absolute Gasteiger partial charge is 0.508 e. The van der Waals surface area contributed by atoms with E-state index < -0.39 is 12.2 Å². The first-order chi connectivity index (χ1) is 11.2. The zero-order chi connectivity index (χ0) is 16.1. The first-order valence-corrected chi connectivity index (χ1v) is 7.48. The van der Waals surface area contributed by atoms with Gasteiger partial charge in [-0.2, -0.15) is 0 Å². The van der Waals surface area contributed by atoms with E-state index in [2.05, 4.69) is 0 Å². The van der Waals surface area contributed by atoms with Crippen molar-refractivity contribution in [2.45, 2.75) is 12.2 Å². The van der Waals surface area contributed by atoms with Crippen LogP contribution in [0.4, 0.5) is 0 Å². The van der Waals surface area contributed by atoms with Crippen LogP contribution >= 0.6 is 0 Å². The van der Waals surface area contributed by atoms with Gasteiger partial charge in [-0.25, -0.2) is 0 Å². The number of hydrogen-bond donors (Lipinski definition) is 2. The van der Waals surface area contributed by atoms with Crippen LogP contribution in [0.1, 0.15) is 23.3 Å². The lowest BCUT2D eigenvalue weighted by molar-refractivity contribution is 0.0343. The molecule has 3 nitrogen and oxygen atoms in total. The maximum Gasteiger partial charge on any atom is 0.154 e. The number of ether oxygens (including phenoxy) is 1. The summed E-state index contributed by atoms with van der Waals surface area (Å²) in [5, 5.41) is 20.2. The Morgan fingerprint density at radius 2 is 1.17 bits per heavy atom. The highest BCUT2D eigenvalue weighted by molar-refractivity contribution is 5.32. The predicted octanol–water partition coefficient (Wildman–Crippen LogP) is 4.25. The lowest BCUT2D eigenvalue weighted by Crippen LogP contribution is -2.17. The van der Waals surface area contributed by atoms with Crippen LogP contribution in [0.2, 0.25) is 0 Å². The molecule has 3 aromatic carbocycles. The molecule has 3 aromatic rings. The normalized spacial score (nSPS) is 13.3. The number of phenolic OH excluding ortho intramolecular Hbond substituents is 1. The van der Waals surface area contributed by atoms with E-state index in [1.165, 1.54) is 0 Å². The van der Waals surface area contributed by atoms with Gasteiger partial charge in [-0.1, -0.05) is 60.7 Å². The first kappa shape index (κ1) is 15.1. The van der Waals surface area contributed by atoms with Crippen molar-refractivity contribution < 1.29 is 14.9 Å². The van der Waals surface area contributed by atoms with Crippen molar-refractivity contribution in [2.75, 3.05) is 0 Å². The summed E-state index contributed by atoms with van der Waals surface area (Å²) in [5.41, 5.74) is 1.68. The number of aliphatic hydroxyl groups excluding tert-OH is 1. The van der Waals surface area contributed by atoms with E-state index in [1.807, 2.05) is 60.7 Å². The molecule has 3 rings (SSSR count). The highest BCUT2D eigenvalue weighted by atomic mass is 16.5. The number of benzene rings is 3. The van der Waals surface area contributed by atoms with Crippen molar-refractivity contribution in [3.8, 4) is 11.5 Å². The first-order valence-electron chi connectivity index (χ1n) is 7.48. The lowest BCUT2D eigenvalue weighted by Gasteiger charge is -2.25. The molecular formula is C20H18O3. The molecule has 23 heavy (non-hydrogen) atoms. The molecule has 0 bridgehead atoms. The van der Waals surface area contributed by atoms with E-state index >= 15 is 0 Å². The van der Waals surface area contributed by atoms with Gasteiger partial charge in [0.25, 0.3) is 0 Å². The summed E-state index contributed by atoms with van der Waals surface area (Å²) < 4.78 is 6.01. The molecule has 0 radical (unpaired) electrons. The number of aliphatic hydroxyl groups is 1. The molecule has 116 valence electrons. The van der Waals surface area contributed by atoms with Crippen LogP contribution in [0.3, 0.4) is 0 Å². The van der Waals surface area contributed by atoms with E-state index in [4.69, 9.17) is 4.74 Å². The molecule has 0 spiro atoms. The van der Waals surface area contributed by atoms with Gasteiger partial charge in [0.15, 0.2) is 6.10 Å². The van der Waals surface area contributed by atoms with Crippen LogP contribution in [0.15, 0.2) is 84.9 Å². The zero-order valence-corrected chi connectivity index (χ0v) is 12.5. The van der Waals surface area contributed by atoms with Crippen LogP contribution in [0, 0.1) is 0 Å². The molecular weight excluding hydrogens is 288 g/mol.